The molecule has 0 aromatic heterocycles. The highest BCUT2D eigenvalue weighted by Crippen LogP contribution is 2.29. The highest BCUT2D eigenvalue weighted by atomic mass is 35.5. The summed E-state index contributed by atoms with van der Waals surface area (Å²) < 4.78 is 0. The van der Waals surface area contributed by atoms with E-state index < -0.39 is 0 Å². The van der Waals surface area contributed by atoms with E-state index in [4.69, 9.17) is 28.9 Å². The van der Waals surface area contributed by atoms with E-state index in [-0.39, 0.29) is 12.5 Å². The van der Waals surface area contributed by atoms with Crippen LogP contribution in [0.15, 0.2) is 18.2 Å². The molecule has 0 aliphatic rings. The third kappa shape index (κ3) is 2.44. The van der Waals surface area contributed by atoms with Gasteiger partial charge in [-0.3, -0.25) is 0 Å². The second kappa shape index (κ2) is 4.61. The smallest absolute Gasteiger partial charge is 0.121 e. The molecule has 0 aliphatic carbocycles. The number of carbonyl (C=O) groups excluding carboxylic acids is 1. The summed E-state index contributed by atoms with van der Waals surface area (Å²) in [5.74, 6) is 0. The SMILES string of the molecule is NC(CC=O)c1cccc(Cl)c1Cl. The molecule has 0 aliphatic heterocycles. The maximum Gasteiger partial charge on any atom is 0.121 e. The Morgan fingerprint density at radius 1 is 1.46 bits per heavy atom. The number of hydrogen-bond acceptors (Lipinski definition) is 2. The van der Waals surface area contributed by atoms with Crippen LogP contribution in [0, 0.1) is 0 Å². The van der Waals surface area contributed by atoms with Crippen LogP contribution >= 0.6 is 23.2 Å². The van der Waals surface area contributed by atoms with Gasteiger partial charge in [-0.25, -0.2) is 0 Å². The fourth-order valence-corrected chi connectivity index (χ4v) is 1.49. The molecule has 2 nitrogen and oxygen atoms in total. The van der Waals surface area contributed by atoms with Crippen LogP contribution in [0.2, 0.25) is 10.0 Å². The van der Waals surface area contributed by atoms with Gasteiger partial charge in [-0.1, -0.05) is 35.3 Å². The zero-order valence-electron chi connectivity index (χ0n) is 6.84. The molecule has 13 heavy (non-hydrogen) atoms. The first-order valence-electron chi connectivity index (χ1n) is 3.80. The Morgan fingerprint density at radius 3 is 2.77 bits per heavy atom. The summed E-state index contributed by atoms with van der Waals surface area (Å²) in [5, 5.41) is 0.888. The van der Waals surface area contributed by atoms with Crippen LogP contribution in [0.3, 0.4) is 0 Å². The predicted molar refractivity (Wildman–Crippen MR) is 54.1 cm³/mol. The lowest BCUT2D eigenvalue weighted by atomic mass is 10.1. The summed E-state index contributed by atoms with van der Waals surface area (Å²) in [6.07, 6.45) is 1.02. The fraction of sp³-hybridized carbons (Fsp3) is 0.222. The third-order valence-electron chi connectivity index (χ3n) is 1.73. The molecule has 0 saturated carbocycles. The first kappa shape index (κ1) is 10.5. The van der Waals surface area contributed by atoms with Crippen molar-refractivity contribution in [2.75, 3.05) is 0 Å². The maximum absolute atomic E-state index is 10.2. The monoisotopic (exact) mass is 217 g/mol. The van der Waals surface area contributed by atoms with Crippen molar-refractivity contribution >= 4 is 29.5 Å². The molecule has 0 spiro atoms. The van der Waals surface area contributed by atoms with Gasteiger partial charge in [0, 0.05) is 12.5 Å². The van der Waals surface area contributed by atoms with Crippen LogP contribution in [-0.4, -0.2) is 6.29 Å². The normalized spacial score (nSPS) is 12.5. The molecule has 4 heteroatoms. The van der Waals surface area contributed by atoms with Crippen LogP contribution in [0.1, 0.15) is 18.0 Å². The van der Waals surface area contributed by atoms with Crippen LogP contribution in [-0.2, 0) is 4.79 Å². The van der Waals surface area contributed by atoms with Gasteiger partial charge in [0.15, 0.2) is 0 Å². The van der Waals surface area contributed by atoms with Crippen LogP contribution in [0.5, 0.6) is 0 Å². The van der Waals surface area contributed by atoms with E-state index in [1.54, 1.807) is 18.2 Å². The summed E-state index contributed by atoms with van der Waals surface area (Å²) in [4.78, 5) is 10.2. The number of carbonyl (C=O) groups is 1. The van der Waals surface area contributed by atoms with Gasteiger partial charge in [0.25, 0.3) is 0 Å². The second-order valence-corrected chi connectivity index (χ2v) is 3.44. The minimum Gasteiger partial charge on any atom is -0.324 e. The molecule has 0 radical (unpaired) electrons. The molecule has 0 fully saturated rings. The Morgan fingerprint density at radius 2 is 2.15 bits per heavy atom. The Kier molecular flexibility index (Phi) is 3.72. The van der Waals surface area contributed by atoms with Crippen molar-refractivity contribution in [3.63, 3.8) is 0 Å². The van der Waals surface area contributed by atoms with E-state index in [2.05, 4.69) is 0 Å². The van der Waals surface area contributed by atoms with Gasteiger partial charge in [-0.05, 0) is 11.6 Å². The topological polar surface area (TPSA) is 43.1 Å². The standard InChI is InChI=1S/C9H9Cl2NO/c10-7-3-1-2-6(9(7)11)8(12)4-5-13/h1-3,5,8H,4,12H2. The molecule has 1 aromatic rings. The van der Waals surface area contributed by atoms with Crippen molar-refractivity contribution in [1.82, 2.24) is 0 Å². The highest BCUT2D eigenvalue weighted by Gasteiger charge is 2.11. The molecule has 0 heterocycles. The van der Waals surface area contributed by atoms with Gasteiger partial charge in [0.2, 0.25) is 0 Å². The van der Waals surface area contributed by atoms with E-state index in [0.29, 0.717) is 15.6 Å². The number of aldehydes is 1. The van der Waals surface area contributed by atoms with E-state index >= 15 is 0 Å². The number of nitrogens with two attached hydrogens (primary N) is 1. The molecule has 1 rings (SSSR count). The van der Waals surface area contributed by atoms with E-state index in [1.165, 1.54) is 0 Å². The van der Waals surface area contributed by atoms with Gasteiger partial charge in [-0.2, -0.15) is 0 Å². The molecule has 1 atom stereocenters. The molecule has 0 saturated heterocycles. The van der Waals surface area contributed by atoms with Crippen LogP contribution in [0.25, 0.3) is 0 Å². The summed E-state index contributed by atoms with van der Waals surface area (Å²) in [7, 11) is 0. The molecule has 70 valence electrons. The first-order chi connectivity index (χ1) is 6.16. The largest absolute Gasteiger partial charge is 0.324 e. The molecule has 0 amide bonds. The van der Waals surface area contributed by atoms with Gasteiger partial charge in [0.05, 0.1) is 10.0 Å². The lowest BCUT2D eigenvalue weighted by Gasteiger charge is -2.10. The van der Waals surface area contributed by atoms with Gasteiger partial charge < -0.3 is 10.5 Å². The Balaban J connectivity index is 3.00. The lowest BCUT2D eigenvalue weighted by Crippen LogP contribution is -2.11. The van der Waals surface area contributed by atoms with E-state index in [0.717, 1.165) is 6.29 Å². The molecule has 1 aromatic carbocycles. The van der Waals surface area contributed by atoms with E-state index in [1.807, 2.05) is 0 Å². The fourth-order valence-electron chi connectivity index (χ4n) is 1.04. The Bertz CT molecular complexity index is 314. The van der Waals surface area contributed by atoms with Gasteiger partial charge in [0.1, 0.15) is 6.29 Å². The highest BCUT2D eigenvalue weighted by molar-refractivity contribution is 6.42. The Hall–Kier alpha value is -0.570. The molecule has 1 unspecified atom stereocenters. The van der Waals surface area contributed by atoms with Crippen LogP contribution in [0.4, 0.5) is 0 Å². The van der Waals surface area contributed by atoms with Gasteiger partial charge >= 0.3 is 0 Å². The summed E-state index contributed by atoms with van der Waals surface area (Å²) in [6.45, 7) is 0. The van der Waals surface area contributed by atoms with Crippen LogP contribution < -0.4 is 5.73 Å². The molecule has 2 N–H and O–H groups in total. The molecule has 0 bridgehead atoms. The molecular formula is C9H9Cl2NO. The maximum atomic E-state index is 10.2. The van der Waals surface area contributed by atoms with Gasteiger partial charge in [-0.15, -0.1) is 0 Å². The van der Waals surface area contributed by atoms with Crippen molar-refractivity contribution in [1.29, 1.82) is 0 Å². The zero-order valence-corrected chi connectivity index (χ0v) is 8.35. The summed E-state index contributed by atoms with van der Waals surface area (Å²) in [5.41, 5.74) is 6.41. The lowest BCUT2D eigenvalue weighted by molar-refractivity contribution is -0.108. The van der Waals surface area contributed by atoms with Crippen molar-refractivity contribution in [2.24, 2.45) is 5.73 Å². The van der Waals surface area contributed by atoms with E-state index in [9.17, 15) is 4.79 Å². The van der Waals surface area contributed by atoms with Crippen molar-refractivity contribution in [2.45, 2.75) is 12.5 Å². The van der Waals surface area contributed by atoms with Crippen molar-refractivity contribution in [3.05, 3.63) is 33.8 Å². The zero-order chi connectivity index (χ0) is 9.84. The summed E-state index contributed by atoms with van der Waals surface area (Å²) in [6, 6.07) is 4.83. The Labute approximate surface area is 86.6 Å². The van der Waals surface area contributed by atoms with Crippen molar-refractivity contribution < 1.29 is 4.79 Å². The quantitative estimate of drug-likeness (QED) is 0.792. The average Bonchev–Trinajstić information content (AvgIpc) is 2.10. The third-order valence-corrected chi connectivity index (χ3v) is 2.56. The molecular weight excluding hydrogens is 209 g/mol. The second-order valence-electron chi connectivity index (χ2n) is 2.65. The number of benzene rings is 1. The predicted octanol–water partition coefficient (Wildman–Crippen LogP) is 2.58. The number of hydrogen-bond donors (Lipinski definition) is 1. The first-order valence-corrected chi connectivity index (χ1v) is 4.55. The number of rotatable bonds is 3. The van der Waals surface area contributed by atoms with Crippen molar-refractivity contribution in [3.8, 4) is 0 Å². The minimum atomic E-state index is -0.372. The number of halogens is 2. The minimum absolute atomic E-state index is 0.250. The summed E-state index contributed by atoms with van der Waals surface area (Å²) >= 11 is 11.7. The average molecular weight is 218 g/mol.